The summed E-state index contributed by atoms with van der Waals surface area (Å²) in [5.74, 6) is -0.227. The highest BCUT2D eigenvalue weighted by atomic mass is 32.2. The molecule has 27 heavy (non-hydrogen) atoms. The molecule has 0 fully saturated rings. The molecule has 0 aliphatic rings. The minimum atomic E-state index is -0.427. The Morgan fingerprint density at radius 1 is 1.07 bits per heavy atom. The van der Waals surface area contributed by atoms with Crippen molar-refractivity contribution in [2.24, 2.45) is 0 Å². The van der Waals surface area contributed by atoms with Crippen molar-refractivity contribution in [1.82, 2.24) is 4.98 Å². The molecule has 3 aromatic rings. The molecular formula is C22H18N2O2S. The predicted octanol–water partition coefficient (Wildman–Crippen LogP) is 5.21. The van der Waals surface area contributed by atoms with Crippen LogP contribution < -0.4 is 0 Å². The van der Waals surface area contributed by atoms with Crippen molar-refractivity contribution in [3.05, 3.63) is 72.3 Å². The Kier molecular flexibility index (Phi) is 6.24. The van der Waals surface area contributed by atoms with Crippen LogP contribution in [-0.4, -0.2) is 23.3 Å². The molecule has 0 saturated carbocycles. The Morgan fingerprint density at radius 2 is 1.70 bits per heavy atom. The van der Waals surface area contributed by atoms with Crippen LogP contribution in [0.3, 0.4) is 0 Å². The highest BCUT2D eigenvalue weighted by Crippen LogP contribution is 2.35. The van der Waals surface area contributed by atoms with E-state index in [9.17, 15) is 4.79 Å². The van der Waals surface area contributed by atoms with Crippen LogP contribution in [-0.2, 0) is 4.74 Å². The first kappa shape index (κ1) is 18.7. The second-order valence-electron chi connectivity index (χ2n) is 5.63. The Morgan fingerprint density at radius 3 is 2.30 bits per heavy atom. The number of hydrogen-bond donors (Lipinski definition) is 0. The number of nitriles is 1. The zero-order chi connectivity index (χ0) is 19.1. The third kappa shape index (κ3) is 4.36. The van der Waals surface area contributed by atoms with Gasteiger partial charge in [0.1, 0.15) is 5.03 Å². The standard InChI is InChI=1S/C22H18N2O2S/c1-2-26-22(25)20-18(16-9-5-3-6-10-16)15-19(17-11-7-4-8-12-17)24-21(20)27-14-13-23/h3-12,15H,2,14H2,1H3. The maximum absolute atomic E-state index is 12.7. The van der Waals surface area contributed by atoms with Crippen LogP contribution >= 0.6 is 11.8 Å². The number of benzene rings is 2. The van der Waals surface area contributed by atoms with E-state index in [1.807, 2.05) is 66.7 Å². The molecule has 3 rings (SSSR count). The lowest BCUT2D eigenvalue weighted by Crippen LogP contribution is -2.10. The maximum Gasteiger partial charge on any atom is 0.341 e. The van der Waals surface area contributed by atoms with E-state index < -0.39 is 5.97 Å². The van der Waals surface area contributed by atoms with Crippen molar-refractivity contribution in [3.63, 3.8) is 0 Å². The van der Waals surface area contributed by atoms with E-state index in [0.717, 1.165) is 22.4 Å². The third-order valence-corrected chi connectivity index (χ3v) is 4.74. The fraction of sp³-hybridized carbons (Fsp3) is 0.136. The van der Waals surface area contributed by atoms with E-state index in [1.165, 1.54) is 11.8 Å². The molecule has 0 bridgehead atoms. The van der Waals surface area contributed by atoms with Gasteiger partial charge in [0, 0.05) is 11.1 Å². The van der Waals surface area contributed by atoms with Crippen molar-refractivity contribution in [1.29, 1.82) is 5.26 Å². The van der Waals surface area contributed by atoms with Crippen LogP contribution in [0.4, 0.5) is 0 Å². The molecule has 2 aromatic carbocycles. The van der Waals surface area contributed by atoms with Gasteiger partial charge in [-0.15, -0.1) is 0 Å². The molecule has 0 saturated heterocycles. The molecule has 0 unspecified atom stereocenters. The molecule has 4 nitrogen and oxygen atoms in total. The summed E-state index contributed by atoms with van der Waals surface area (Å²) in [7, 11) is 0. The summed E-state index contributed by atoms with van der Waals surface area (Å²) in [4.78, 5) is 17.4. The monoisotopic (exact) mass is 374 g/mol. The fourth-order valence-corrected chi connectivity index (χ4v) is 3.43. The number of thioether (sulfide) groups is 1. The highest BCUT2D eigenvalue weighted by molar-refractivity contribution is 7.99. The molecule has 0 amide bonds. The number of carbonyl (C=O) groups is 1. The predicted molar refractivity (Wildman–Crippen MR) is 107 cm³/mol. The van der Waals surface area contributed by atoms with Crippen molar-refractivity contribution in [2.75, 3.05) is 12.4 Å². The SMILES string of the molecule is CCOC(=O)c1c(-c2ccccc2)cc(-c2ccccc2)nc1SCC#N. The van der Waals surface area contributed by atoms with E-state index in [0.29, 0.717) is 10.6 Å². The quantitative estimate of drug-likeness (QED) is 0.438. The van der Waals surface area contributed by atoms with Crippen LogP contribution in [0.2, 0.25) is 0 Å². The summed E-state index contributed by atoms with van der Waals surface area (Å²) in [6.45, 7) is 2.05. The van der Waals surface area contributed by atoms with E-state index >= 15 is 0 Å². The molecule has 0 radical (unpaired) electrons. The van der Waals surface area contributed by atoms with Gasteiger partial charge in [0.15, 0.2) is 0 Å². The highest BCUT2D eigenvalue weighted by Gasteiger charge is 2.22. The van der Waals surface area contributed by atoms with Gasteiger partial charge in [-0.05, 0) is 18.6 Å². The third-order valence-electron chi connectivity index (χ3n) is 3.89. The van der Waals surface area contributed by atoms with E-state index in [4.69, 9.17) is 10.00 Å². The van der Waals surface area contributed by atoms with Gasteiger partial charge in [-0.1, -0.05) is 72.4 Å². The second kappa shape index (κ2) is 9.02. The number of esters is 1. The first-order valence-corrected chi connectivity index (χ1v) is 9.56. The van der Waals surface area contributed by atoms with E-state index in [-0.39, 0.29) is 12.4 Å². The van der Waals surface area contributed by atoms with E-state index in [1.54, 1.807) is 6.92 Å². The van der Waals surface area contributed by atoms with Crippen LogP contribution in [0.5, 0.6) is 0 Å². The molecular weight excluding hydrogens is 356 g/mol. The zero-order valence-corrected chi connectivity index (χ0v) is 15.7. The second-order valence-corrected chi connectivity index (χ2v) is 6.60. The smallest absolute Gasteiger partial charge is 0.341 e. The lowest BCUT2D eigenvalue weighted by Gasteiger charge is -2.15. The Labute approximate surface area is 162 Å². The Hall–Kier alpha value is -3.10. The van der Waals surface area contributed by atoms with Gasteiger partial charge < -0.3 is 4.74 Å². The molecule has 1 aromatic heterocycles. The minimum Gasteiger partial charge on any atom is -0.462 e. The average molecular weight is 374 g/mol. The van der Waals surface area contributed by atoms with Gasteiger partial charge >= 0.3 is 5.97 Å². The van der Waals surface area contributed by atoms with Gasteiger partial charge in [-0.2, -0.15) is 5.26 Å². The molecule has 0 atom stereocenters. The van der Waals surface area contributed by atoms with Crippen LogP contribution in [0, 0.1) is 11.3 Å². The topological polar surface area (TPSA) is 63.0 Å². The summed E-state index contributed by atoms with van der Waals surface area (Å²) in [6.07, 6.45) is 0. The number of ether oxygens (including phenoxy) is 1. The normalized spacial score (nSPS) is 10.2. The van der Waals surface area contributed by atoms with Gasteiger partial charge in [0.25, 0.3) is 0 Å². The largest absolute Gasteiger partial charge is 0.462 e. The van der Waals surface area contributed by atoms with Crippen molar-refractivity contribution >= 4 is 17.7 Å². The number of carbonyl (C=O) groups excluding carboxylic acids is 1. The molecule has 0 N–H and O–H groups in total. The summed E-state index contributed by atoms with van der Waals surface area (Å²) in [5, 5.41) is 9.53. The van der Waals surface area contributed by atoms with Crippen LogP contribution in [0.1, 0.15) is 17.3 Å². The van der Waals surface area contributed by atoms with Crippen molar-refractivity contribution < 1.29 is 9.53 Å². The molecule has 5 heteroatoms. The lowest BCUT2D eigenvalue weighted by atomic mass is 9.99. The summed E-state index contributed by atoms with van der Waals surface area (Å²) >= 11 is 1.25. The minimum absolute atomic E-state index is 0.200. The number of nitrogens with zero attached hydrogens (tertiary/aromatic N) is 2. The average Bonchev–Trinajstić information content (AvgIpc) is 2.73. The Balaban J connectivity index is 2.26. The number of aromatic nitrogens is 1. The van der Waals surface area contributed by atoms with Gasteiger partial charge in [0.05, 0.1) is 29.7 Å². The first-order chi connectivity index (χ1) is 13.2. The molecule has 1 heterocycles. The zero-order valence-electron chi connectivity index (χ0n) is 14.9. The van der Waals surface area contributed by atoms with Crippen molar-refractivity contribution in [2.45, 2.75) is 11.9 Å². The number of hydrogen-bond acceptors (Lipinski definition) is 5. The molecule has 0 aliphatic heterocycles. The van der Waals surface area contributed by atoms with Gasteiger partial charge in [-0.25, -0.2) is 9.78 Å². The molecule has 0 spiro atoms. The number of rotatable bonds is 6. The van der Waals surface area contributed by atoms with Gasteiger partial charge in [-0.3, -0.25) is 0 Å². The summed E-state index contributed by atoms with van der Waals surface area (Å²) in [6, 6.07) is 23.5. The van der Waals surface area contributed by atoms with E-state index in [2.05, 4.69) is 11.1 Å². The maximum atomic E-state index is 12.7. The Bertz CT molecular complexity index is 967. The summed E-state index contributed by atoms with van der Waals surface area (Å²) in [5.41, 5.74) is 3.76. The summed E-state index contributed by atoms with van der Waals surface area (Å²) < 4.78 is 5.28. The van der Waals surface area contributed by atoms with Gasteiger partial charge in [0.2, 0.25) is 0 Å². The fourth-order valence-electron chi connectivity index (χ4n) is 2.73. The first-order valence-electron chi connectivity index (χ1n) is 8.57. The van der Waals surface area contributed by atoms with Crippen LogP contribution in [0.15, 0.2) is 71.8 Å². The molecule has 134 valence electrons. The molecule has 0 aliphatic carbocycles. The lowest BCUT2D eigenvalue weighted by molar-refractivity contribution is 0.0522. The van der Waals surface area contributed by atoms with Crippen molar-refractivity contribution in [3.8, 4) is 28.5 Å². The number of pyridine rings is 1. The van der Waals surface area contributed by atoms with Crippen LogP contribution in [0.25, 0.3) is 22.4 Å².